The van der Waals surface area contributed by atoms with Gasteiger partial charge in [-0.05, 0) is 46.9 Å². The molecular formula is C17H9F6IN4O6. The second-order valence-electron chi connectivity index (χ2n) is 5.84. The monoisotopic (exact) mass is 606 g/mol. The molecule has 0 radical (unpaired) electrons. The number of nitrogens with zero attached hydrogens (tertiary/aromatic N) is 4. The fraction of sp³-hybridized carbons (Fsp3) is 0.118. The van der Waals surface area contributed by atoms with E-state index in [2.05, 4.69) is 14.5 Å². The molecule has 0 saturated heterocycles. The van der Waals surface area contributed by atoms with E-state index in [-0.39, 0.29) is 9.26 Å². The Balaban J connectivity index is 0.000000248. The summed E-state index contributed by atoms with van der Waals surface area (Å²) < 4.78 is 80.2. The third kappa shape index (κ3) is 8.05. The highest BCUT2D eigenvalue weighted by Crippen LogP contribution is 2.31. The quantitative estimate of drug-likeness (QED) is 0.156. The smallest absolute Gasteiger partial charge is 0.406 e. The Labute approximate surface area is 198 Å². The molecule has 0 aliphatic carbocycles. The van der Waals surface area contributed by atoms with Gasteiger partial charge in [-0.3, -0.25) is 20.2 Å². The van der Waals surface area contributed by atoms with Crippen molar-refractivity contribution < 1.29 is 45.7 Å². The van der Waals surface area contributed by atoms with Gasteiger partial charge in [-0.2, -0.15) is 0 Å². The molecule has 0 atom stereocenters. The zero-order valence-electron chi connectivity index (χ0n) is 16.1. The molecule has 3 rings (SSSR count). The first-order valence-electron chi connectivity index (χ1n) is 8.38. The summed E-state index contributed by atoms with van der Waals surface area (Å²) in [6.07, 6.45) is -5.62. The number of nitro groups is 2. The van der Waals surface area contributed by atoms with Gasteiger partial charge in [0.05, 0.1) is 31.9 Å². The van der Waals surface area contributed by atoms with Gasteiger partial charge < -0.3 is 14.0 Å². The Morgan fingerprint density at radius 2 is 1.35 bits per heavy atom. The number of alkyl halides is 6. The summed E-state index contributed by atoms with van der Waals surface area (Å²) in [5, 5.41) is 21.3. The summed E-state index contributed by atoms with van der Waals surface area (Å²) in [6, 6.07) is 5.79. The van der Waals surface area contributed by atoms with E-state index in [0.29, 0.717) is 6.07 Å². The van der Waals surface area contributed by atoms with E-state index in [0.717, 1.165) is 24.3 Å². The van der Waals surface area contributed by atoms with Crippen LogP contribution in [0.1, 0.15) is 0 Å². The van der Waals surface area contributed by atoms with Gasteiger partial charge in [-0.25, -0.2) is 4.98 Å². The Kier molecular flexibility index (Phi) is 8.24. The molecule has 0 amide bonds. The van der Waals surface area contributed by atoms with Crippen LogP contribution in [-0.2, 0) is 0 Å². The fourth-order valence-corrected chi connectivity index (χ4v) is 2.83. The number of rotatable bonds is 5. The minimum atomic E-state index is -4.90. The van der Waals surface area contributed by atoms with E-state index in [1.165, 1.54) is 29.4 Å². The maximum Gasteiger partial charge on any atom is 0.573 e. The van der Waals surface area contributed by atoms with E-state index >= 15 is 0 Å². The average Bonchev–Trinajstić information content (AvgIpc) is 3.22. The largest absolute Gasteiger partial charge is 0.573 e. The molecule has 3 aromatic rings. The number of aromatic nitrogens is 2. The van der Waals surface area contributed by atoms with Gasteiger partial charge in [0.25, 0.3) is 11.4 Å². The van der Waals surface area contributed by atoms with Crippen molar-refractivity contribution in [2.24, 2.45) is 0 Å². The third-order valence-electron chi connectivity index (χ3n) is 3.51. The molecule has 0 aliphatic heterocycles. The predicted octanol–water partition coefficient (Wildman–Crippen LogP) is 5.78. The topological polar surface area (TPSA) is 123 Å². The Hall–Kier alpha value is -3.64. The van der Waals surface area contributed by atoms with Crippen molar-refractivity contribution in [1.82, 2.24) is 9.55 Å². The van der Waals surface area contributed by atoms with Crippen LogP contribution in [0, 0.1) is 23.8 Å². The lowest BCUT2D eigenvalue weighted by Crippen LogP contribution is -2.17. The highest BCUT2D eigenvalue weighted by atomic mass is 127. The summed E-state index contributed by atoms with van der Waals surface area (Å²) >= 11 is 1.65. The normalized spacial score (nSPS) is 11.3. The van der Waals surface area contributed by atoms with Crippen molar-refractivity contribution in [3.8, 4) is 17.2 Å². The molecule has 2 aromatic carbocycles. The van der Waals surface area contributed by atoms with E-state index < -0.39 is 45.4 Å². The molecule has 1 aromatic heterocycles. The molecule has 0 N–H and O–H groups in total. The van der Waals surface area contributed by atoms with E-state index in [1.54, 1.807) is 22.6 Å². The van der Waals surface area contributed by atoms with Crippen LogP contribution < -0.4 is 9.47 Å². The zero-order valence-corrected chi connectivity index (χ0v) is 18.2. The average molecular weight is 606 g/mol. The summed E-state index contributed by atoms with van der Waals surface area (Å²) in [5.74, 6) is -1.25. The second-order valence-corrected chi connectivity index (χ2v) is 7.01. The van der Waals surface area contributed by atoms with Crippen LogP contribution in [0.3, 0.4) is 0 Å². The minimum Gasteiger partial charge on any atom is -0.406 e. The number of hydrogen-bond donors (Lipinski definition) is 0. The molecular weight excluding hydrogens is 597 g/mol. The lowest BCUT2D eigenvalue weighted by molar-refractivity contribution is -0.386. The van der Waals surface area contributed by atoms with Gasteiger partial charge in [-0.1, -0.05) is 0 Å². The first kappa shape index (κ1) is 26.6. The van der Waals surface area contributed by atoms with Crippen molar-refractivity contribution >= 4 is 34.0 Å². The molecule has 1 heterocycles. The van der Waals surface area contributed by atoms with Crippen LogP contribution in [0.2, 0.25) is 0 Å². The van der Waals surface area contributed by atoms with Gasteiger partial charge in [0.2, 0.25) is 0 Å². The SMILES string of the molecule is O=[N+]([O-])c1cc(OC(F)(F)F)ccc1-n1ccnc1.O=[N+]([O-])c1cc(OC(F)(F)F)ccc1I. The van der Waals surface area contributed by atoms with Crippen molar-refractivity contribution in [2.45, 2.75) is 12.7 Å². The molecule has 182 valence electrons. The number of halogens is 7. The summed E-state index contributed by atoms with van der Waals surface area (Å²) in [7, 11) is 0. The molecule has 0 fully saturated rings. The number of benzene rings is 2. The van der Waals surface area contributed by atoms with Crippen LogP contribution in [-0.4, -0.2) is 32.1 Å². The van der Waals surface area contributed by atoms with Crippen molar-refractivity contribution in [2.75, 3.05) is 0 Å². The predicted molar refractivity (Wildman–Crippen MR) is 109 cm³/mol. The zero-order chi connectivity index (χ0) is 25.7. The Bertz CT molecular complexity index is 1170. The molecule has 0 bridgehead atoms. The highest BCUT2D eigenvalue weighted by molar-refractivity contribution is 14.1. The summed E-state index contributed by atoms with van der Waals surface area (Å²) in [6.45, 7) is 0. The first-order valence-corrected chi connectivity index (χ1v) is 9.46. The summed E-state index contributed by atoms with van der Waals surface area (Å²) in [5.41, 5.74) is -0.839. The minimum absolute atomic E-state index is 0.0945. The maximum absolute atomic E-state index is 12.0. The van der Waals surface area contributed by atoms with Gasteiger partial charge in [0.1, 0.15) is 17.2 Å². The molecule has 10 nitrogen and oxygen atoms in total. The van der Waals surface area contributed by atoms with E-state index in [1.807, 2.05) is 0 Å². The van der Waals surface area contributed by atoms with Crippen LogP contribution in [0.15, 0.2) is 55.1 Å². The van der Waals surface area contributed by atoms with Crippen LogP contribution >= 0.6 is 22.6 Å². The Morgan fingerprint density at radius 3 is 1.79 bits per heavy atom. The molecule has 0 saturated carbocycles. The molecule has 0 aliphatic rings. The van der Waals surface area contributed by atoms with Crippen molar-refractivity contribution in [3.63, 3.8) is 0 Å². The first-order chi connectivity index (χ1) is 15.7. The van der Waals surface area contributed by atoms with Gasteiger partial charge in [0, 0.05) is 12.4 Å². The molecule has 0 unspecified atom stereocenters. The fourth-order valence-electron chi connectivity index (χ4n) is 2.30. The van der Waals surface area contributed by atoms with Crippen molar-refractivity contribution in [1.29, 1.82) is 0 Å². The van der Waals surface area contributed by atoms with Crippen LogP contribution in [0.25, 0.3) is 5.69 Å². The molecule has 17 heteroatoms. The molecule has 0 spiro atoms. The maximum atomic E-state index is 12.0. The number of nitro benzene ring substituents is 2. The van der Waals surface area contributed by atoms with Crippen LogP contribution in [0.5, 0.6) is 11.5 Å². The molecule has 34 heavy (non-hydrogen) atoms. The standard InChI is InChI=1S/C10H6F3N3O3.C7H3F3INO3/c11-10(12,13)19-7-1-2-8(9(5-7)16(17)18)15-4-3-14-6-15;8-7(9,10)15-4-1-2-5(11)6(3-4)12(13)14/h1-6H;1-3H. The Morgan fingerprint density at radius 1 is 0.853 bits per heavy atom. The van der Waals surface area contributed by atoms with Gasteiger partial charge in [-0.15, -0.1) is 26.3 Å². The van der Waals surface area contributed by atoms with Gasteiger partial charge >= 0.3 is 12.7 Å². The van der Waals surface area contributed by atoms with Crippen molar-refractivity contribution in [3.05, 3.63) is 78.9 Å². The third-order valence-corrected chi connectivity index (χ3v) is 4.42. The number of imidazole rings is 1. The second kappa shape index (κ2) is 10.5. The lowest BCUT2D eigenvalue weighted by atomic mass is 10.2. The van der Waals surface area contributed by atoms with E-state index in [4.69, 9.17) is 0 Å². The summed E-state index contributed by atoms with van der Waals surface area (Å²) in [4.78, 5) is 23.4. The number of ether oxygens (including phenoxy) is 2. The van der Waals surface area contributed by atoms with Gasteiger partial charge in [0.15, 0.2) is 0 Å². The number of hydrogen-bond acceptors (Lipinski definition) is 7. The lowest BCUT2D eigenvalue weighted by Gasteiger charge is -2.10. The van der Waals surface area contributed by atoms with E-state index in [9.17, 15) is 46.6 Å². The van der Waals surface area contributed by atoms with Crippen LogP contribution in [0.4, 0.5) is 37.7 Å². The highest BCUT2D eigenvalue weighted by Gasteiger charge is 2.33.